The third kappa shape index (κ3) is 2.63. The first-order valence-electron chi connectivity index (χ1n) is 10.3. The number of hydrogen-bond acceptors (Lipinski definition) is 5. The van der Waals surface area contributed by atoms with Crippen LogP contribution in [-0.4, -0.2) is 41.0 Å². The van der Waals surface area contributed by atoms with E-state index in [0.717, 1.165) is 0 Å². The van der Waals surface area contributed by atoms with Crippen LogP contribution in [0.4, 0.5) is 8.78 Å². The topological polar surface area (TPSA) is 80.7 Å². The highest BCUT2D eigenvalue weighted by molar-refractivity contribution is 5.99. The van der Waals surface area contributed by atoms with E-state index in [1.807, 2.05) is 0 Å². The van der Waals surface area contributed by atoms with Crippen LogP contribution in [-0.2, 0) is 19.1 Å². The van der Waals surface area contributed by atoms with Gasteiger partial charge in [0.05, 0.1) is 6.10 Å². The summed E-state index contributed by atoms with van der Waals surface area (Å²) in [5.74, 6) is -2.98. The van der Waals surface area contributed by atoms with Crippen molar-refractivity contribution in [3.05, 3.63) is 35.2 Å². The number of alkyl halides is 1. The van der Waals surface area contributed by atoms with Gasteiger partial charge in [-0.25, -0.2) is 8.78 Å². The molecule has 0 aromatic carbocycles. The third-order valence-corrected chi connectivity index (χ3v) is 7.95. The maximum absolute atomic E-state index is 16.8. The van der Waals surface area contributed by atoms with E-state index < -0.39 is 52.8 Å². The summed E-state index contributed by atoms with van der Waals surface area (Å²) in [6.45, 7) is 4.15. The van der Waals surface area contributed by atoms with Crippen LogP contribution >= 0.6 is 0 Å². The number of hydrogen-bond donors (Lipinski definition) is 1. The first-order chi connectivity index (χ1) is 13.9. The molecule has 1 saturated carbocycles. The number of aliphatic hydroxyl groups is 1. The van der Waals surface area contributed by atoms with Gasteiger partial charge in [0.25, 0.3) is 0 Å². The van der Waals surface area contributed by atoms with Crippen LogP contribution in [0.5, 0.6) is 0 Å². The fraction of sp³-hybridized carbons (Fsp3) is 0.609. The smallest absolute Gasteiger partial charge is 0.303 e. The molecule has 4 aliphatic carbocycles. The molecule has 1 N–H and O–H groups in total. The van der Waals surface area contributed by atoms with Gasteiger partial charge in [0, 0.05) is 42.1 Å². The van der Waals surface area contributed by atoms with E-state index in [1.54, 1.807) is 19.9 Å². The maximum Gasteiger partial charge on any atom is 0.303 e. The van der Waals surface area contributed by atoms with Crippen molar-refractivity contribution in [1.82, 2.24) is 0 Å². The SMILES string of the molecule is CC(=O)OCC(=O)C1=CC[C@H]2[C@@H]3CC(F)=C4CC(=O)C=C[C@]4(C)[C@@]3(F)[C@@H](O)C[C@]12C. The van der Waals surface area contributed by atoms with Crippen molar-refractivity contribution >= 4 is 17.5 Å². The molecule has 162 valence electrons. The third-order valence-electron chi connectivity index (χ3n) is 7.95. The van der Waals surface area contributed by atoms with Crippen LogP contribution in [0.1, 0.15) is 46.5 Å². The van der Waals surface area contributed by atoms with E-state index >= 15 is 8.78 Å². The number of rotatable bonds is 3. The van der Waals surface area contributed by atoms with Crippen molar-refractivity contribution in [3.63, 3.8) is 0 Å². The maximum atomic E-state index is 16.8. The summed E-state index contributed by atoms with van der Waals surface area (Å²) < 4.78 is 36.8. The van der Waals surface area contributed by atoms with Crippen LogP contribution in [0.2, 0.25) is 0 Å². The number of allylic oxidation sites excluding steroid dienone is 5. The molecule has 30 heavy (non-hydrogen) atoms. The fourth-order valence-electron chi connectivity index (χ4n) is 6.43. The molecule has 0 amide bonds. The molecule has 1 fully saturated rings. The quantitative estimate of drug-likeness (QED) is 0.709. The Morgan fingerprint density at radius 1 is 1.30 bits per heavy atom. The van der Waals surface area contributed by atoms with Gasteiger partial charge in [-0.05, 0) is 37.3 Å². The Hall–Kier alpha value is -2.15. The standard InChI is InChI=1S/C23H26F2O5/c1-12(26)30-11-19(28)15-5-4-14-16-9-18(24)17-8-13(27)6-7-22(17,3)23(16,25)20(29)10-21(14,15)2/h5-7,14,16,20,29H,4,8-11H2,1-3H3/t14-,16-,20-,21-,22-,23-/m0/s1. The lowest BCUT2D eigenvalue weighted by Gasteiger charge is -2.61. The second kappa shape index (κ2) is 6.67. The first-order valence-corrected chi connectivity index (χ1v) is 10.3. The normalized spacial score (nSPS) is 42.3. The molecule has 0 aliphatic heterocycles. The predicted octanol–water partition coefficient (Wildman–Crippen LogP) is 3.32. The Morgan fingerprint density at radius 3 is 2.67 bits per heavy atom. The van der Waals surface area contributed by atoms with Gasteiger partial charge in [0.1, 0.15) is 5.83 Å². The summed E-state index contributed by atoms with van der Waals surface area (Å²) in [5.41, 5.74) is -3.89. The zero-order chi connectivity index (χ0) is 22.1. The number of ketones is 2. The van der Waals surface area contributed by atoms with E-state index in [1.165, 1.54) is 19.1 Å². The minimum absolute atomic E-state index is 0.00537. The van der Waals surface area contributed by atoms with Crippen LogP contribution in [0.25, 0.3) is 0 Å². The monoisotopic (exact) mass is 420 g/mol. The van der Waals surface area contributed by atoms with Crippen LogP contribution < -0.4 is 0 Å². The molecule has 0 radical (unpaired) electrons. The van der Waals surface area contributed by atoms with Crippen molar-refractivity contribution in [3.8, 4) is 0 Å². The van der Waals surface area contributed by atoms with Crippen molar-refractivity contribution in [2.45, 2.75) is 58.2 Å². The van der Waals surface area contributed by atoms with Gasteiger partial charge >= 0.3 is 5.97 Å². The molecule has 0 aromatic rings. The summed E-state index contributed by atoms with van der Waals surface area (Å²) in [4.78, 5) is 35.6. The number of Topliss-reactive ketones (excluding diaryl/α,β-unsaturated/α-hetero) is 1. The average molecular weight is 420 g/mol. The second-order valence-corrected chi connectivity index (χ2v) is 9.44. The van der Waals surface area contributed by atoms with Gasteiger partial charge in [-0.1, -0.05) is 19.1 Å². The summed E-state index contributed by atoms with van der Waals surface area (Å²) in [6, 6.07) is 0. The lowest BCUT2D eigenvalue weighted by atomic mass is 9.45. The van der Waals surface area contributed by atoms with Crippen molar-refractivity contribution in [2.24, 2.45) is 22.7 Å². The van der Waals surface area contributed by atoms with E-state index in [0.29, 0.717) is 12.0 Å². The highest BCUT2D eigenvalue weighted by Gasteiger charge is 2.70. The molecular weight excluding hydrogens is 394 g/mol. The highest BCUT2D eigenvalue weighted by Crippen LogP contribution is 2.68. The largest absolute Gasteiger partial charge is 0.457 e. The Balaban J connectivity index is 1.73. The van der Waals surface area contributed by atoms with Gasteiger partial charge in [-0.2, -0.15) is 0 Å². The molecule has 0 saturated heterocycles. The van der Waals surface area contributed by atoms with Crippen LogP contribution in [0.15, 0.2) is 35.2 Å². The Bertz CT molecular complexity index is 934. The number of fused-ring (bicyclic) bond motifs is 5. The Labute approximate surface area is 173 Å². The Morgan fingerprint density at radius 2 is 2.00 bits per heavy atom. The zero-order valence-electron chi connectivity index (χ0n) is 17.3. The molecule has 0 spiro atoms. The molecule has 0 bridgehead atoms. The molecule has 4 rings (SSSR count). The number of esters is 1. The van der Waals surface area contributed by atoms with Gasteiger partial charge in [0.15, 0.2) is 23.8 Å². The fourth-order valence-corrected chi connectivity index (χ4v) is 6.43. The van der Waals surface area contributed by atoms with E-state index in [2.05, 4.69) is 0 Å². The Kier molecular flexibility index (Phi) is 4.69. The molecular formula is C23H26F2O5. The summed E-state index contributed by atoms with van der Waals surface area (Å²) in [5, 5.41) is 11.1. The van der Waals surface area contributed by atoms with Crippen molar-refractivity contribution in [2.75, 3.05) is 6.61 Å². The first kappa shape index (κ1) is 21.1. The molecule has 0 unspecified atom stereocenters. The minimum atomic E-state index is -2.15. The minimum Gasteiger partial charge on any atom is -0.457 e. The lowest BCUT2D eigenvalue weighted by Crippen LogP contribution is -2.66. The molecule has 4 aliphatic rings. The van der Waals surface area contributed by atoms with Crippen LogP contribution in [0.3, 0.4) is 0 Å². The van der Waals surface area contributed by atoms with Gasteiger partial charge in [-0.3, -0.25) is 14.4 Å². The summed E-state index contributed by atoms with van der Waals surface area (Å²) in [7, 11) is 0. The summed E-state index contributed by atoms with van der Waals surface area (Å²) >= 11 is 0. The molecule has 0 heterocycles. The lowest BCUT2D eigenvalue weighted by molar-refractivity contribution is -0.182. The predicted molar refractivity (Wildman–Crippen MR) is 104 cm³/mol. The van der Waals surface area contributed by atoms with E-state index in [-0.39, 0.29) is 36.4 Å². The van der Waals surface area contributed by atoms with Crippen molar-refractivity contribution < 1.29 is 33.0 Å². The zero-order valence-corrected chi connectivity index (χ0v) is 17.3. The second-order valence-electron chi connectivity index (χ2n) is 9.44. The van der Waals surface area contributed by atoms with Crippen molar-refractivity contribution in [1.29, 1.82) is 0 Å². The van der Waals surface area contributed by atoms with Crippen LogP contribution in [0, 0.1) is 22.7 Å². The van der Waals surface area contributed by atoms with E-state index in [9.17, 15) is 19.5 Å². The molecule has 0 aromatic heterocycles. The summed E-state index contributed by atoms with van der Waals surface area (Å²) in [6.07, 6.45) is 2.93. The average Bonchev–Trinajstić information content (AvgIpc) is 3.00. The molecule has 7 heteroatoms. The number of carbonyl (C=O) groups is 3. The van der Waals surface area contributed by atoms with Gasteiger partial charge in [-0.15, -0.1) is 0 Å². The van der Waals surface area contributed by atoms with Gasteiger partial charge in [0.2, 0.25) is 0 Å². The number of aliphatic hydroxyl groups excluding tert-OH is 1. The van der Waals surface area contributed by atoms with E-state index in [4.69, 9.17) is 4.74 Å². The highest BCUT2D eigenvalue weighted by atomic mass is 19.1. The number of ether oxygens (including phenoxy) is 1. The number of carbonyl (C=O) groups excluding carboxylic acids is 3. The number of halogens is 2. The molecule has 6 atom stereocenters. The molecule has 5 nitrogen and oxygen atoms in total. The van der Waals surface area contributed by atoms with Gasteiger partial charge < -0.3 is 9.84 Å².